The first kappa shape index (κ1) is 16.3. The fourth-order valence-corrected chi connectivity index (χ4v) is 2.69. The molecule has 3 N–H and O–H groups in total. The van der Waals surface area contributed by atoms with Gasteiger partial charge in [-0.2, -0.15) is 0 Å². The van der Waals surface area contributed by atoms with E-state index in [0.29, 0.717) is 10.0 Å². The van der Waals surface area contributed by atoms with Crippen molar-refractivity contribution in [3.63, 3.8) is 0 Å². The molecule has 0 fully saturated rings. The zero-order valence-corrected chi connectivity index (χ0v) is 13.6. The largest absolute Gasteiger partial charge is 0.379 e. The summed E-state index contributed by atoms with van der Waals surface area (Å²) in [6.45, 7) is 3.98. The Bertz CT molecular complexity index is 548. The molecular formula is C17H19Cl2NO. The number of nitrogens with two attached hydrogens (primary N) is 1. The molecular weight excluding hydrogens is 305 g/mol. The molecule has 2 nitrogen and oxygen atoms in total. The molecule has 0 radical (unpaired) electrons. The van der Waals surface area contributed by atoms with E-state index in [1.54, 1.807) is 48.5 Å². The predicted octanol–water partition coefficient (Wildman–Crippen LogP) is 4.21. The molecule has 0 bridgehead atoms. The van der Waals surface area contributed by atoms with Gasteiger partial charge in [0, 0.05) is 16.1 Å². The maximum atomic E-state index is 11.4. The maximum absolute atomic E-state index is 11.4. The summed E-state index contributed by atoms with van der Waals surface area (Å²) in [5.41, 5.74) is 6.47. The van der Waals surface area contributed by atoms with Crippen molar-refractivity contribution < 1.29 is 5.11 Å². The molecule has 0 heterocycles. The van der Waals surface area contributed by atoms with Crippen LogP contribution in [0.5, 0.6) is 0 Å². The molecule has 0 aliphatic heterocycles. The first-order valence-corrected chi connectivity index (χ1v) is 7.61. The van der Waals surface area contributed by atoms with Crippen LogP contribution in [0.3, 0.4) is 0 Å². The summed E-state index contributed by atoms with van der Waals surface area (Å²) in [6, 6.07) is 13.8. The van der Waals surface area contributed by atoms with E-state index in [1.165, 1.54) is 0 Å². The van der Waals surface area contributed by atoms with Crippen LogP contribution in [-0.4, -0.2) is 11.1 Å². The Balaban J connectivity index is 2.58. The van der Waals surface area contributed by atoms with Gasteiger partial charge < -0.3 is 10.8 Å². The normalized spacial score (nSPS) is 13.5. The Morgan fingerprint density at radius 2 is 1.19 bits per heavy atom. The Hall–Kier alpha value is -1.06. The highest BCUT2D eigenvalue weighted by Gasteiger charge is 2.39. The van der Waals surface area contributed by atoms with Crippen molar-refractivity contribution in [2.24, 2.45) is 11.7 Å². The molecule has 21 heavy (non-hydrogen) atoms. The lowest BCUT2D eigenvalue weighted by molar-refractivity contribution is 0.0353. The lowest BCUT2D eigenvalue weighted by atomic mass is 9.76. The summed E-state index contributed by atoms with van der Waals surface area (Å²) in [5, 5.41) is 12.6. The predicted molar refractivity (Wildman–Crippen MR) is 88.7 cm³/mol. The highest BCUT2D eigenvalue weighted by molar-refractivity contribution is 6.30. The summed E-state index contributed by atoms with van der Waals surface area (Å²) in [7, 11) is 0. The lowest BCUT2D eigenvalue weighted by Crippen LogP contribution is -2.49. The molecule has 4 heteroatoms. The van der Waals surface area contributed by atoms with Gasteiger partial charge in [0.05, 0.1) is 0 Å². The minimum Gasteiger partial charge on any atom is -0.379 e. The molecule has 0 spiro atoms. The Morgan fingerprint density at radius 1 is 0.857 bits per heavy atom. The van der Waals surface area contributed by atoms with Gasteiger partial charge in [0.1, 0.15) is 5.60 Å². The smallest absolute Gasteiger partial charge is 0.130 e. The van der Waals surface area contributed by atoms with Crippen LogP contribution in [-0.2, 0) is 5.60 Å². The van der Waals surface area contributed by atoms with E-state index < -0.39 is 11.6 Å². The van der Waals surface area contributed by atoms with Crippen LogP contribution in [0.2, 0.25) is 10.0 Å². The summed E-state index contributed by atoms with van der Waals surface area (Å²) >= 11 is 11.9. The highest BCUT2D eigenvalue weighted by atomic mass is 35.5. The second-order valence-electron chi connectivity index (χ2n) is 5.55. The Morgan fingerprint density at radius 3 is 1.48 bits per heavy atom. The fourth-order valence-electron chi connectivity index (χ4n) is 2.44. The lowest BCUT2D eigenvalue weighted by Gasteiger charge is -2.37. The summed E-state index contributed by atoms with van der Waals surface area (Å²) in [4.78, 5) is 0. The molecule has 2 aromatic carbocycles. The van der Waals surface area contributed by atoms with E-state index in [0.717, 1.165) is 11.1 Å². The highest BCUT2D eigenvalue weighted by Crippen LogP contribution is 2.36. The van der Waals surface area contributed by atoms with Gasteiger partial charge in [-0.1, -0.05) is 61.3 Å². The van der Waals surface area contributed by atoms with Crippen molar-refractivity contribution in [3.8, 4) is 0 Å². The number of aliphatic hydroxyl groups is 1. The molecule has 112 valence electrons. The van der Waals surface area contributed by atoms with Crippen LogP contribution in [0.1, 0.15) is 25.0 Å². The topological polar surface area (TPSA) is 46.2 Å². The van der Waals surface area contributed by atoms with Crippen molar-refractivity contribution >= 4 is 23.2 Å². The van der Waals surface area contributed by atoms with Crippen LogP contribution in [0.25, 0.3) is 0 Å². The number of rotatable bonds is 4. The zero-order chi connectivity index (χ0) is 15.6. The first-order chi connectivity index (χ1) is 9.85. The third kappa shape index (κ3) is 3.24. The molecule has 0 aromatic heterocycles. The zero-order valence-electron chi connectivity index (χ0n) is 12.1. The SMILES string of the molecule is CC(C)[C@H](N)C(O)(c1ccc(Cl)cc1)c1ccc(Cl)cc1. The van der Waals surface area contributed by atoms with Gasteiger partial charge >= 0.3 is 0 Å². The van der Waals surface area contributed by atoms with Crippen molar-refractivity contribution in [1.82, 2.24) is 0 Å². The third-order valence-corrected chi connectivity index (χ3v) is 4.27. The fraction of sp³-hybridized carbons (Fsp3) is 0.294. The molecule has 0 unspecified atom stereocenters. The van der Waals surface area contributed by atoms with Crippen molar-refractivity contribution in [2.75, 3.05) is 0 Å². The van der Waals surface area contributed by atoms with Gasteiger partial charge in [-0.3, -0.25) is 0 Å². The van der Waals surface area contributed by atoms with E-state index in [2.05, 4.69) is 0 Å². The summed E-state index contributed by atoms with van der Waals surface area (Å²) in [5.74, 6) is 0.0985. The van der Waals surface area contributed by atoms with Crippen molar-refractivity contribution in [1.29, 1.82) is 0 Å². The number of hydrogen-bond donors (Lipinski definition) is 2. The average Bonchev–Trinajstić information content (AvgIpc) is 2.47. The average molecular weight is 324 g/mol. The second-order valence-corrected chi connectivity index (χ2v) is 6.42. The van der Waals surface area contributed by atoms with Crippen molar-refractivity contribution in [3.05, 3.63) is 69.7 Å². The van der Waals surface area contributed by atoms with Crippen LogP contribution in [0.4, 0.5) is 0 Å². The first-order valence-electron chi connectivity index (χ1n) is 6.85. The van der Waals surface area contributed by atoms with Crippen molar-refractivity contribution in [2.45, 2.75) is 25.5 Å². The Labute approximate surface area is 135 Å². The van der Waals surface area contributed by atoms with Crippen LogP contribution >= 0.6 is 23.2 Å². The number of hydrogen-bond acceptors (Lipinski definition) is 2. The standard InChI is InChI=1S/C17H19Cl2NO/c1-11(2)16(20)17(21,12-3-7-14(18)8-4-12)13-5-9-15(19)10-6-13/h3-11,16,21H,20H2,1-2H3/t16-/m0/s1. The van der Waals surface area contributed by atoms with Gasteiger partial charge in [0.25, 0.3) is 0 Å². The van der Waals surface area contributed by atoms with Gasteiger partial charge in [-0.15, -0.1) is 0 Å². The van der Waals surface area contributed by atoms with Gasteiger partial charge in [-0.05, 0) is 41.3 Å². The maximum Gasteiger partial charge on any atom is 0.130 e. The van der Waals surface area contributed by atoms with E-state index in [-0.39, 0.29) is 5.92 Å². The molecule has 2 rings (SSSR count). The van der Waals surface area contributed by atoms with Crippen LogP contribution < -0.4 is 5.73 Å². The van der Waals surface area contributed by atoms with Gasteiger partial charge in [-0.25, -0.2) is 0 Å². The van der Waals surface area contributed by atoms with Gasteiger partial charge in [0.2, 0.25) is 0 Å². The summed E-state index contributed by atoms with van der Waals surface area (Å²) < 4.78 is 0. The van der Waals surface area contributed by atoms with Crippen LogP contribution in [0, 0.1) is 5.92 Å². The number of benzene rings is 2. The minimum atomic E-state index is -1.29. The molecule has 0 aliphatic rings. The minimum absolute atomic E-state index is 0.0985. The molecule has 0 saturated heterocycles. The van der Waals surface area contributed by atoms with E-state index >= 15 is 0 Å². The molecule has 0 saturated carbocycles. The third-order valence-electron chi connectivity index (χ3n) is 3.77. The van der Waals surface area contributed by atoms with E-state index in [1.807, 2.05) is 13.8 Å². The van der Waals surface area contributed by atoms with Crippen LogP contribution in [0.15, 0.2) is 48.5 Å². The second kappa shape index (κ2) is 6.37. The van der Waals surface area contributed by atoms with E-state index in [4.69, 9.17) is 28.9 Å². The Kier molecular flexibility index (Phi) is 4.95. The molecule has 0 amide bonds. The van der Waals surface area contributed by atoms with Gasteiger partial charge in [0.15, 0.2) is 0 Å². The molecule has 1 atom stereocenters. The quantitative estimate of drug-likeness (QED) is 0.885. The number of halogens is 2. The summed E-state index contributed by atoms with van der Waals surface area (Å²) in [6.07, 6.45) is 0. The molecule has 0 aliphatic carbocycles. The monoisotopic (exact) mass is 323 g/mol. The molecule has 2 aromatic rings. The van der Waals surface area contributed by atoms with E-state index in [9.17, 15) is 5.11 Å².